The van der Waals surface area contributed by atoms with E-state index in [9.17, 15) is 0 Å². The largest absolute Gasteiger partial charge is 0.309 e. The third-order valence-electron chi connectivity index (χ3n) is 20.1. The van der Waals surface area contributed by atoms with Gasteiger partial charge in [0.2, 0.25) is 0 Å². The van der Waals surface area contributed by atoms with Crippen molar-refractivity contribution < 1.29 is 0 Å². The van der Waals surface area contributed by atoms with Gasteiger partial charge in [0.1, 0.15) is 0 Å². The maximum absolute atomic E-state index is 4.97. The molecule has 0 radical (unpaired) electrons. The molecule has 0 unspecified atom stereocenters. The van der Waals surface area contributed by atoms with Crippen LogP contribution in [0.2, 0.25) is 0 Å². The van der Waals surface area contributed by atoms with E-state index < -0.39 is 0 Å². The molecular weight excluding hydrogens is 1290 g/mol. The highest BCUT2D eigenvalue weighted by Crippen LogP contribution is 2.42. The Morgan fingerprint density at radius 3 is 0.792 bits per heavy atom. The van der Waals surface area contributed by atoms with Crippen LogP contribution in [0.5, 0.6) is 0 Å². The molecule has 0 saturated heterocycles. The summed E-state index contributed by atoms with van der Waals surface area (Å²) in [5.74, 6) is 3.92. The van der Waals surface area contributed by atoms with Crippen LogP contribution in [0.4, 0.5) is 0 Å². The SMILES string of the molecule is c1ccc(-c2ccc(-n3c4ccccc4c4c5ccc(-c6ccc(-c7nc(-c8ccccc8)nc(-c8ccccc8)n7)cc6)cc5ccc43)cc2)cc1.c1ccc(-c2ccc(-n3c4ccccc4c4c5ccc(-c6cccc(-c7nc(-c8ccccc8)nc(-c8ccccc8)n7)c6)cc5ccc43)cc2)cc1. The van der Waals surface area contributed by atoms with Crippen LogP contribution in [0.25, 0.3) is 189 Å². The summed E-state index contributed by atoms with van der Waals surface area (Å²) in [6.45, 7) is 0. The molecule has 20 aromatic rings. The van der Waals surface area contributed by atoms with Gasteiger partial charge in [-0.05, 0) is 133 Å². The second-order valence-corrected chi connectivity index (χ2v) is 26.6. The number of rotatable bonds is 12. The van der Waals surface area contributed by atoms with Crippen LogP contribution in [0, 0.1) is 0 Å². The Morgan fingerprint density at radius 1 is 0.151 bits per heavy atom. The van der Waals surface area contributed by atoms with Gasteiger partial charge < -0.3 is 9.13 Å². The molecule has 106 heavy (non-hydrogen) atoms. The maximum Gasteiger partial charge on any atom is 0.164 e. The van der Waals surface area contributed by atoms with Crippen molar-refractivity contribution in [3.05, 3.63) is 388 Å². The second kappa shape index (κ2) is 27.2. The van der Waals surface area contributed by atoms with Gasteiger partial charge in [0.05, 0.1) is 22.1 Å². The Kier molecular flexibility index (Phi) is 16.1. The molecule has 496 valence electrons. The van der Waals surface area contributed by atoms with Gasteiger partial charge in [-0.3, -0.25) is 0 Å². The minimum atomic E-state index is 0.645. The molecule has 0 aliphatic heterocycles. The quantitative estimate of drug-likeness (QED) is 0.121. The summed E-state index contributed by atoms with van der Waals surface area (Å²) >= 11 is 0. The second-order valence-electron chi connectivity index (χ2n) is 26.6. The van der Waals surface area contributed by atoms with Crippen molar-refractivity contribution in [2.45, 2.75) is 0 Å². The van der Waals surface area contributed by atoms with Crippen molar-refractivity contribution in [2.24, 2.45) is 0 Å². The van der Waals surface area contributed by atoms with Crippen molar-refractivity contribution in [2.75, 3.05) is 0 Å². The predicted octanol–water partition coefficient (Wildman–Crippen LogP) is 24.9. The average molecular weight is 1350 g/mol. The molecule has 8 nitrogen and oxygen atoms in total. The highest BCUT2D eigenvalue weighted by molar-refractivity contribution is 6.23. The Balaban J connectivity index is 0.000000145. The van der Waals surface area contributed by atoms with E-state index in [1.807, 2.05) is 121 Å². The van der Waals surface area contributed by atoms with E-state index in [4.69, 9.17) is 29.9 Å². The van der Waals surface area contributed by atoms with Crippen LogP contribution in [-0.4, -0.2) is 39.0 Å². The molecule has 0 N–H and O–H groups in total. The van der Waals surface area contributed by atoms with Gasteiger partial charge in [-0.15, -0.1) is 0 Å². The van der Waals surface area contributed by atoms with Crippen LogP contribution in [0.3, 0.4) is 0 Å². The summed E-state index contributed by atoms with van der Waals surface area (Å²) in [6, 6.07) is 136. The van der Waals surface area contributed by atoms with Gasteiger partial charge in [0, 0.05) is 66.3 Å². The van der Waals surface area contributed by atoms with Crippen LogP contribution >= 0.6 is 0 Å². The first-order valence-corrected chi connectivity index (χ1v) is 35.7. The first kappa shape index (κ1) is 62.6. The van der Waals surface area contributed by atoms with Crippen LogP contribution in [0.15, 0.2) is 388 Å². The molecule has 4 heterocycles. The fourth-order valence-corrected chi connectivity index (χ4v) is 14.9. The fourth-order valence-electron chi connectivity index (χ4n) is 14.9. The van der Waals surface area contributed by atoms with Gasteiger partial charge in [-0.25, -0.2) is 29.9 Å². The lowest BCUT2D eigenvalue weighted by atomic mass is 9.97. The Labute approximate surface area is 612 Å². The molecule has 0 fully saturated rings. The van der Waals surface area contributed by atoms with E-state index >= 15 is 0 Å². The summed E-state index contributed by atoms with van der Waals surface area (Å²) in [4.78, 5) is 29.5. The smallest absolute Gasteiger partial charge is 0.164 e. The fraction of sp³-hybridized carbons (Fsp3) is 0. The first-order valence-electron chi connectivity index (χ1n) is 35.7. The molecule has 0 aliphatic rings. The molecule has 0 spiro atoms. The minimum Gasteiger partial charge on any atom is -0.309 e. The Hall–Kier alpha value is -14.3. The number of para-hydroxylation sites is 2. The lowest BCUT2D eigenvalue weighted by Gasteiger charge is -2.11. The maximum atomic E-state index is 4.97. The molecule has 20 rings (SSSR count). The molecule has 0 amide bonds. The molecule has 0 saturated carbocycles. The van der Waals surface area contributed by atoms with E-state index in [0.29, 0.717) is 34.9 Å². The monoisotopic (exact) mass is 1350 g/mol. The summed E-state index contributed by atoms with van der Waals surface area (Å²) in [5.41, 5.74) is 22.2. The number of hydrogen-bond acceptors (Lipinski definition) is 6. The van der Waals surface area contributed by atoms with Crippen molar-refractivity contribution in [1.82, 2.24) is 39.0 Å². The molecule has 0 atom stereocenters. The number of benzene rings is 16. The van der Waals surface area contributed by atoms with Crippen LogP contribution < -0.4 is 0 Å². The topological polar surface area (TPSA) is 87.2 Å². The molecule has 8 heteroatoms. The zero-order valence-electron chi connectivity index (χ0n) is 57.5. The van der Waals surface area contributed by atoms with Gasteiger partial charge >= 0.3 is 0 Å². The third-order valence-corrected chi connectivity index (χ3v) is 20.1. The van der Waals surface area contributed by atoms with E-state index in [0.717, 1.165) is 67.0 Å². The average Bonchev–Trinajstić information content (AvgIpc) is 1.58. The molecular formula is C98H64N8. The summed E-state index contributed by atoms with van der Waals surface area (Å²) in [5, 5.41) is 9.90. The van der Waals surface area contributed by atoms with Crippen molar-refractivity contribution in [3.63, 3.8) is 0 Å². The van der Waals surface area contributed by atoms with E-state index in [1.165, 1.54) is 87.4 Å². The number of hydrogen-bond donors (Lipinski definition) is 0. The lowest BCUT2D eigenvalue weighted by molar-refractivity contribution is 1.07. The molecule has 0 bridgehead atoms. The van der Waals surface area contributed by atoms with Crippen molar-refractivity contribution in [3.8, 4) is 124 Å². The van der Waals surface area contributed by atoms with Crippen LogP contribution in [0.1, 0.15) is 0 Å². The predicted molar refractivity (Wildman–Crippen MR) is 438 cm³/mol. The third kappa shape index (κ3) is 11.9. The van der Waals surface area contributed by atoms with E-state index in [-0.39, 0.29) is 0 Å². The molecule has 4 aromatic heterocycles. The Morgan fingerprint density at radius 2 is 0.406 bits per heavy atom. The Bertz CT molecular complexity index is 6510. The minimum absolute atomic E-state index is 0.645. The van der Waals surface area contributed by atoms with Crippen molar-refractivity contribution >= 4 is 65.2 Å². The van der Waals surface area contributed by atoms with Crippen molar-refractivity contribution in [1.29, 1.82) is 0 Å². The molecule has 0 aliphatic carbocycles. The lowest BCUT2D eigenvalue weighted by Crippen LogP contribution is -2.00. The van der Waals surface area contributed by atoms with Gasteiger partial charge in [0.25, 0.3) is 0 Å². The zero-order valence-corrected chi connectivity index (χ0v) is 57.5. The first-order chi connectivity index (χ1) is 52.5. The van der Waals surface area contributed by atoms with Crippen LogP contribution in [-0.2, 0) is 0 Å². The van der Waals surface area contributed by atoms with E-state index in [2.05, 4.69) is 276 Å². The summed E-state index contributed by atoms with van der Waals surface area (Å²) < 4.78 is 4.78. The van der Waals surface area contributed by atoms with Gasteiger partial charge in [0.15, 0.2) is 34.9 Å². The number of nitrogens with zero attached hydrogens (tertiary/aromatic N) is 8. The van der Waals surface area contributed by atoms with Gasteiger partial charge in [-0.2, -0.15) is 0 Å². The number of fused-ring (bicyclic) bond motifs is 10. The summed E-state index contributed by atoms with van der Waals surface area (Å²) in [7, 11) is 0. The summed E-state index contributed by atoms with van der Waals surface area (Å²) in [6.07, 6.45) is 0. The van der Waals surface area contributed by atoms with Gasteiger partial charge in [-0.1, -0.05) is 322 Å². The zero-order chi connectivity index (χ0) is 70.3. The molecule has 16 aromatic carbocycles. The normalized spacial score (nSPS) is 11.4. The highest BCUT2D eigenvalue weighted by Gasteiger charge is 2.20. The van der Waals surface area contributed by atoms with E-state index in [1.54, 1.807) is 0 Å². The highest BCUT2D eigenvalue weighted by atomic mass is 15.0. The number of aromatic nitrogens is 8. The standard InChI is InChI=1S/2C49H32N4/c1-4-13-33(14-5-1)34-23-27-41(28-24-34)53-44-22-11-10-21-43(44)46-42-29-25-38(31-39(42)26-30-45(46)53)37-19-12-20-40(32-37)49-51-47(35-15-6-2-7-16-35)50-48(52-49)36-17-8-3-9-18-36;1-4-12-33(13-5-1)34-24-28-41(29-25-34)53-44-19-11-10-18-43(44)46-42-30-26-39(32-40(42)27-31-45(46)53)35-20-22-38(23-21-35)49-51-47(36-14-6-2-7-15-36)50-48(52-49)37-16-8-3-9-17-37/h2*1-32H.